The normalized spacial score (nSPS) is 19.0. The largest absolute Gasteiger partial charge is 0.340 e. The van der Waals surface area contributed by atoms with Gasteiger partial charge in [-0.05, 0) is 42.7 Å². The molecule has 3 heterocycles. The van der Waals surface area contributed by atoms with Crippen LogP contribution in [0.4, 0.5) is 4.39 Å². The van der Waals surface area contributed by atoms with Gasteiger partial charge in [0.25, 0.3) is 0 Å². The van der Waals surface area contributed by atoms with E-state index in [4.69, 9.17) is 0 Å². The van der Waals surface area contributed by atoms with Gasteiger partial charge in [-0.1, -0.05) is 18.2 Å². The Balaban J connectivity index is 1.33. The quantitative estimate of drug-likeness (QED) is 0.738. The van der Waals surface area contributed by atoms with Crippen molar-refractivity contribution in [2.45, 2.75) is 24.2 Å². The van der Waals surface area contributed by atoms with E-state index in [0.29, 0.717) is 13.1 Å². The van der Waals surface area contributed by atoms with E-state index in [2.05, 4.69) is 10.2 Å². The van der Waals surface area contributed by atoms with Crippen molar-refractivity contribution >= 4 is 11.6 Å². The van der Waals surface area contributed by atoms with Crippen molar-refractivity contribution in [1.29, 1.82) is 0 Å². The first-order chi connectivity index (χ1) is 12.2. The third-order valence-corrected chi connectivity index (χ3v) is 5.43. The predicted octanol–water partition coefficient (Wildman–Crippen LogP) is 2.53. The maximum Gasteiger partial charge on any atom is 0.233 e. The number of benzene rings is 1. The van der Waals surface area contributed by atoms with Crippen LogP contribution in [0.2, 0.25) is 0 Å². The van der Waals surface area contributed by atoms with Crippen molar-refractivity contribution in [1.82, 2.24) is 19.5 Å². The molecule has 0 unspecified atom stereocenters. The van der Waals surface area contributed by atoms with Crippen molar-refractivity contribution in [2.75, 3.05) is 13.1 Å². The average Bonchev–Trinajstić information content (AvgIpc) is 3.30. The third kappa shape index (κ3) is 2.17. The average molecular weight is 336 g/mol. The molecule has 0 spiro atoms. The Morgan fingerprint density at radius 3 is 2.56 bits per heavy atom. The molecule has 2 fully saturated rings. The van der Waals surface area contributed by atoms with Gasteiger partial charge in [-0.2, -0.15) is 0 Å². The van der Waals surface area contributed by atoms with E-state index in [0.717, 1.165) is 29.9 Å². The van der Waals surface area contributed by atoms with Gasteiger partial charge in [-0.25, -0.2) is 4.39 Å². The summed E-state index contributed by atoms with van der Waals surface area (Å²) in [7, 11) is 0. The molecule has 1 saturated heterocycles. The zero-order valence-electron chi connectivity index (χ0n) is 13.6. The van der Waals surface area contributed by atoms with Gasteiger partial charge in [-0.15, -0.1) is 10.2 Å². The number of hydrogen-bond donors (Lipinski definition) is 0. The molecule has 1 aromatic carbocycles. The van der Waals surface area contributed by atoms with Crippen molar-refractivity contribution in [3.05, 3.63) is 65.9 Å². The number of amides is 1. The summed E-state index contributed by atoms with van der Waals surface area (Å²) in [6.45, 7) is 1.33. The van der Waals surface area contributed by atoms with Crippen LogP contribution in [0.5, 0.6) is 0 Å². The zero-order chi connectivity index (χ0) is 17.0. The third-order valence-electron chi connectivity index (χ3n) is 5.43. The molecule has 0 bridgehead atoms. The number of aromatic nitrogens is 3. The first-order valence-electron chi connectivity index (χ1n) is 8.52. The lowest BCUT2D eigenvalue weighted by Gasteiger charge is -2.40. The van der Waals surface area contributed by atoms with Crippen molar-refractivity contribution in [2.24, 2.45) is 0 Å². The minimum atomic E-state index is -0.439. The number of rotatable bonds is 3. The highest BCUT2D eigenvalue weighted by molar-refractivity contribution is 5.92. The van der Waals surface area contributed by atoms with E-state index >= 15 is 0 Å². The maximum absolute atomic E-state index is 13.2. The number of halogens is 1. The van der Waals surface area contributed by atoms with Gasteiger partial charge >= 0.3 is 0 Å². The van der Waals surface area contributed by atoms with Crippen LogP contribution in [0, 0.1) is 5.82 Å². The van der Waals surface area contributed by atoms with Crippen LogP contribution >= 0.6 is 0 Å². The molecule has 1 amide bonds. The van der Waals surface area contributed by atoms with Crippen LogP contribution in [0.3, 0.4) is 0 Å². The van der Waals surface area contributed by atoms with Gasteiger partial charge in [0, 0.05) is 19.3 Å². The second kappa shape index (κ2) is 5.12. The summed E-state index contributed by atoms with van der Waals surface area (Å²) in [6.07, 6.45) is 3.63. The summed E-state index contributed by atoms with van der Waals surface area (Å²) in [5.74, 6) is 1.01. The van der Waals surface area contributed by atoms with E-state index in [1.165, 1.54) is 12.1 Å². The fourth-order valence-corrected chi connectivity index (χ4v) is 3.77. The van der Waals surface area contributed by atoms with Crippen LogP contribution in [-0.4, -0.2) is 38.5 Å². The molecule has 6 heteroatoms. The first kappa shape index (κ1) is 14.6. The van der Waals surface area contributed by atoms with Gasteiger partial charge in [-0.3, -0.25) is 9.20 Å². The molecule has 1 saturated carbocycles. The minimum absolute atomic E-state index is 0.157. The molecule has 3 aromatic rings. The summed E-state index contributed by atoms with van der Waals surface area (Å²) in [6, 6.07) is 12.2. The van der Waals surface area contributed by atoms with Crippen LogP contribution in [0.15, 0.2) is 48.7 Å². The van der Waals surface area contributed by atoms with Gasteiger partial charge in [0.2, 0.25) is 5.91 Å². The Kier molecular flexibility index (Phi) is 2.98. The van der Waals surface area contributed by atoms with Crippen molar-refractivity contribution in [3.63, 3.8) is 0 Å². The van der Waals surface area contributed by atoms with Crippen molar-refractivity contribution < 1.29 is 9.18 Å². The van der Waals surface area contributed by atoms with Gasteiger partial charge < -0.3 is 4.90 Å². The molecule has 5 nitrogen and oxygen atoms in total. The number of carbonyl (C=O) groups excluding carboxylic acids is 1. The Hall–Kier alpha value is -2.76. The molecule has 126 valence electrons. The van der Waals surface area contributed by atoms with E-state index < -0.39 is 5.41 Å². The standard InChI is InChI=1S/C19H17FN4O/c20-15-6-4-14(5-7-15)19(8-9-19)18(25)23-11-13(12-23)17-22-21-16-3-1-2-10-24(16)17/h1-7,10,13H,8-9,11-12H2. The lowest BCUT2D eigenvalue weighted by molar-refractivity contribution is -0.138. The van der Waals surface area contributed by atoms with Gasteiger partial charge in [0.15, 0.2) is 5.65 Å². The van der Waals surface area contributed by atoms with Gasteiger partial charge in [0.05, 0.1) is 11.3 Å². The monoisotopic (exact) mass is 336 g/mol. The molecule has 0 radical (unpaired) electrons. The van der Waals surface area contributed by atoms with E-state index in [9.17, 15) is 9.18 Å². The SMILES string of the molecule is O=C(N1CC(c2nnc3ccccn23)C1)C1(c2ccc(F)cc2)CC1. The highest BCUT2D eigenvalue weighted by atomic mass is 19.1. The zero-order valence-corrected chi connectivity index (χ0v) is 13.6. The Morgan fingerprint density at radius 2 is 1.84 bits per heavy atom. The summed E-state index contributed by atoms with van der Waals surface area (Å²) < 4.78 is 15.1. The second-order valence-electron chi connectivity index (χ2n) is 6.98. The second-order valence-corrected chi connectivity index (χ2v) is 6.98. The fourth-order valence-electron chi connectivity index (χ4n) is 3.77. The molecule has 1 aliphatic heterocycles. The van der Waals surface area contributed by atoms with Crippen LogP contribution in [0.1, 0.15) is 30.1 Å². The number of nitrogens with zero attached hydrogens (tertiary/aromatic N) is 4. The minimum Gasteiger partial charge on any atom is -0.340 e. The van der Waals surface area contributed by atoms with Gasteiger partial charge in [0.1, 0.15) is 11.6 Å². The highest BCUT2D eigenvalue weighted by Gasteiger charge is 2.55. The number of pyridine rings is 1. The number of hydrogen-bond acceptors (Lipinski definition) is 3. The topological polar surface area (TPSA) is 50.5 Å². The predicted molar refractivity (Wildman–Crippen MR) is 89.6 cm³/mol. The summed E-state index contributed by atoms with van der Waals surface area (Å²) in [5.41, 5.74) is 1.31. The summed E-state index contributed by atoms with van der Waals surface area (Å²) >= 11 is 0. The first-order valence-corrected chi connectivity index (χ1v) is 8.52. The fraction of sp³-hybridized carbons (Fsp3) is 0.316. The number of likely N-dealkylation sites (tertiary alicyclic amines) is 1. The molecule has 0 atom stereocenters. The molecular weight excluding hydrogens is 319 g/mol. The summed E-state index contributed by atoms with van der Waals surface area (Å²) in [4.78, 5) is 14.9. The molecule has 0 N–H and O–H groups in total. The van der Waals surface area contributed by atoms with E-state index in [-0.39, 0.29) is 17.6 Å². The molecule has 5 rings (SSSR count). The molecular formula is C19H17FN4O. The number of fused-ring (bicyclic) bond motifs is 1. The molecule has 1 aliphatic carbocycles. The van der Waals surface area contributed by atoms with Crippen molar-refractivity contribution in [3.8, 4) is 0 Å². The van der Waals surface area contributed by atoms with Crippen LogP contribution in [-0.2, 0) is 10.2 Å². The Morgan fingerprint density at radius 1 is 1.08 bits per heavy atom. The lowest BCUT2D eigenvalue weighted by atomic mass is 9.90. The van der Waals surface area contributed by atoms with Crippen LogP contribution in [0.25, 0.3) is 5.65 Å². The highest BCUT2D eigenvalue weighted by Crippen LogP contribution is 2.50. The smallest absolute Gasteiger partial charge is 0.233 e. The molecule has 25 heavy (non-hydrogen) atoms. The Bertz CT molecular complexity index is 955. The van der Waals surface area contributed by atoms with E-state index in [1.54, 1.807) is 12.1 Å². The molecule has 2 aliphatic rings. The molecule has 2 aromatic heterocycles. The van der Waals surface area contributed by atoms with Crippen LogP contribution < -0.4 is 0 Å². The van der Waals surface area contributed by atoms with E-state index in [1.807, 2.05) is 33.7 Å². The number of carbonyl (C=O) groups is 1. The summed E-state index contributed by atoms with van der Waals surface area (Å²) in [5, 5.41) is 8.47. The lowest BCUT2D eigenvalue weighted by Crippen LogP contribution is -2.52. The maximum atomic E-state index is 13.2. The Labute approximate surface area is 144 Å².